The van der Waals surface area contributed by atoms with Crippen LogP contribution >= 0.6 is 0 Å². The Morgan fingerprint density at radius 2 is 1.90 bits per heavy atom. The van der Waals surface area contributed by atoms with Crippen molar-refractivity contribution in [2.75, 3.05) is 13.1 Å². The molecule has 0 saturated carbocycles. The molecule has 1 heterocycles. The van der Waals surface area contributed by atoms with Crippen molar-refractivity contribution in [1.82, 2.24) is 14.9 Å². The molecule has 2 rings (SSSR count). The van der Waals surface area contributed by atoms with E-state index in [0.717, 1.165) is 19.2 Å². The molecule has 2 aromatic rings. The number of halogens is 2. The lowest BCUT2D eigenvalue weighted by Crippen LogP contribution is -2.20. The number of hydrogen-bond acceptors (Lipinski definition) is 2. The van der Waals surface area contributed by atoms with Gasteiger partial charge in [0.1, 0.15) is 0 Å². The minimum Gasteiger partial charge on any atom is -0.329 e. The lowest BCUT2D eigenvalue weighted by atomic mass is 10.2. The average molecular weight is 281 g/mol. The van der Waals surface area contributed by atoms with Gasteiger partial charge in [-0.15, -0.1) is 0 Å². The number of nitrogens with zero attached hydrogens (tertiary/aromatic N) is 2. The molecule has 0 spiro atoms. The van der Waals surface area contributed by atoms with Crippen LogP contribution in [0.5, 0.6) is 0 Å². The van der Waals surface area contributed by atoms with Crippen LogP contribution in [0.2, 0.25) is 0 Å². The highest BCUT2D eigenvalue weighted by Crippen LogP contribution is 2.17. The van der Waals surface area contributed by atoms with Crippen molar-refractivity contribution in [3.63, 3.8) is 0 Å². The molecule has 1 N–H and O–H groups in total. The molecule has 110 valence electrons. The van der Waals surface area contributed by atoms with Gasteiger partial charge in [-0.05, 0) is 13.0 Å². The molecule has 3 nitrogen and oxygen atoms in total. The van der Waals surface area contributed by atoms with Gasteiger partial charge in [0.05, 0.1) is 17.4 Å². The summed E-state index contributed by atoms with van der Waals surface area (Å²) in [5, 5.41) is 3.36. The van der Waals surface area contributed by atoms with Crippen molar-refractivity contribution < 1.29 is 8.78 Å². The molecule has 0 unspecified atom stereocenters. The number of hydrogen-bond donors (Lipinski definition) is 1. The highest BCUT2D eigenvalue weighted by Gasteiger charge is 2.08. The second-order valence-corrected chi connectivity index (χ2v) is 5.00. The first-order valence-electron chi connectivity index (χ1n) is 7.23. The van der Waals surface area contributed by atoms with E-state index in [4.69, 9.17) is 0 Å². The van der Waals surface area contributed by atoms with E-state index >= 15 is 0 Å². The van der Waals surface area contributed by atoms with Gasteiger partial charge in [0.25, 0.3) is 0 Å². The maximum atomic E-state index is 13.2. The predicted octanol–water partition coefficient (Wildman–Crippen LogP) is 3.48. The number of nitrogens with one attached hydrogen (secondary N) is 1. The number of imidazole rings is 1. The normalized spacial score (nSPS) is 11.3. The third-order valence-corrected chi connectivity index (χ3v) is 3.40. The first kappa shape index (κ1) is 14.9. The van der Waals surface area contributed by atoms with Crippen molar-refractivity contribution in [1.29, 1.82) is 0 Å². The Morgan fingerprint density at radius 1 is 1.10 bits per heavy atom. The fourth-order valence-electron chi connectivity index (χ4n) is 2.23. The van der Waals surface area contributed by atoms with Crippen LogP contribution in [-0.4, -0.2) is 22.6 Å². The number of fused-ring (bicyclic) bond motifs is 1. The molecule has 0 aliphatic carbocycles. The summed E-state index contributed by atoms with van der Waals surface area (Å²) in [4.78, 5) is 4.09. The summed E-state index contributed by atoms with van der Waals surface area (Å²) in [6.07, 6.45) is 6.57. The summed E-state index contributed by atoms with van der Waals surface area (Å²) >= 11 is 0. The molecule has 0 aliphatic rings. The topological polar surface area (TPSA) is 29.9 Å². The molecule has 0 radical (unpaired) electrons. The van der Waals surface area contributed by atoms with E-state index in [0.29, 0.717) is 17.6 Å². The molecule has 0 fully saturated rings. The Balaban J connectivity index is 1.83. The highest BCUT2D eigenvalue weighted by atomic mass is 19.2. The van der Waals surface area contributed by atoms with Gasteiger partial charge in [-0.25, -0.2) is 13.8 Å². The molecule has 0 aliphatic heterocycles. The van der Waals surface area contributed by atoms with Gasteiger partial charge in [0, 0.05) is 25.2 Å². The molecule has 0 atom stereocenters. The van der Waals surface area contributed by atoms with E-state index in [2.05, 4.69) is 17.2 Å². The van der Waals surface area contributed by atoms with Crippen molar-refractivity contribution in [3.05, 3.63) is 30.1 Å². The molecule has 5 heteroatoms. The lowest BCUT2D eigenvalue weighted by Gasteiger charge is -2.06. The minimum atomic E-state index is -0.850. The monoisotopic (exact) mass is 281 g/mol. The van der Waals surface area contributed by atoms with Gasteiger partial charge >= 0.3 is 0 Å². The van der Waals surface area contributed by atoms with Crippen LogP contribution in [0, 0.1) is 11.6 Å². The molecular weight excluding hydrogens is 260 g/mol. The standard InChI is InChI=1S/C15H21F2N3/c1-2-3-4-5-6-18-7-8-20-11-19-14-9-12(16)13(17)10-15(14)20/h9-11,18H,2-8H2,1H3. The third-order valence-electron chi connectivity index (χ3n) is 3.40. The van der Waals surface area contributed by atoms with E-state index in [1.807, 2.05) is 4.57 Å². The zero-order chi connectivity index (χ0) is 14.4. The molecular formula is C15H21F2N3. The average Bonchev–Trinajstić information content (AvgIpc) is 2.81. The summed E-state index contributed by atoms with van der Waals surface area (Å²) in [5.41, 5.74) is 1.13. The fourth-order valence-corrected chi connectivity index (χ4v) is 2.23. The van der Waals surface area contributed by atoms with Crippen molar-refractivity contribution in [2.24, 2.45) is 0 Å². The summed E-state index contributed by atoms with van der Waals surface area (Å²) in [5.74, 6) is -1.68. The number of benzene rings is 1. The quantitative estimate of drug-likeness (QED) is 0.751. The zero-order valence-corrected chi connectivity index (χ0v) is 11.8. The van der Waals surface area contributed by atoms with Crippen molar-refractivity contribution in [2.45, 2.75) is 39.2 Å². The third kappa shape index (κ3) is 3.76. The van der Waals surface area contributed by atoms with E-state index in [-0.39, 0.29) is 0 Å². The molecule has 0 saturated heterocycles. The second-order valence-electron chi connectivity index (χ2n) is 5.00. The Hall–Kier alpha value is -1.49. The maximum Gasteiger partial charge on any atom is 0.161 e. The van der Waals surface area contributed by atoms with Gasteiger partial charge in [-0.1, -0.05) is 26.2 Å². The Labute approximate surface area is 118 Å². The van der Waals surface area contributed by atoms with Crippen LogP contribution in [0.4, 0.5) is 8.78 Å². The Bertz CT molecular complexity index is 551. The first-order valence-corrected chi connectivity index (χ1v) is 7.23. The van der Waals surface area contributed by atoms with Gasteiger partial charge in [0.15, 0.2) is 11.6 Å². The summed E-state index contributed by atoms with van der Waals surface area (Å²) < 4.78 is 28.2. The molecule has 20 heavy (non-hydrogen) atoms. The molecule has 1 aromatic heterocycles. The van der Waals surface area contributed by atoms with Gasteiger partial charge in [-0.3, -0.25) is 0 Å². The fraction of sp³-hybridized carbons (Fsp3) is 0.533. The van der Waals surface area contributed by atoms with Crippen LogP contribution in [0.3, 0.4) is 0 Å². The van der Waals surface area contributed by atoms with Gasteiger partial charge in [-0.2, -0.15) is 0 Å². The Morgan fingerprint density at radius 3 is 2.70 bits per heavy atom. The van der Waals surface area contributed by atoms with Gasteiger partial charge in [0.2, 0.25) is 0 Å². The largest absolute Gasteiger partial charge is 0.329 e. The molecule has 0 amide bonds. The highest BCUT2D eigenvalue weighted by molar-refractivity contribution is 5.75. The zero-order valence-electron chi connectivity index (χ0n) is 11.8. The smallest absolute Gasteiger partial charge is 0.161 e. The maximum absolute atomic E-state index is 13.2. The minimum absolute atomic E-state index is 0.492. The molecule has 1 aromatic carbocycles. The summed E-state index contributed by atoms with van der Waals surface area (Å²) in [6.45, 7) is 4.70. The van der Waals surface area contributed by atoms with Crippen LogP contribution < -0.4 is 5.32 Å². The van der Waals surface area contributed by atoms with Crippen molar-refractivity contribution >= 4 is 11.0 Å². The van der Waals surface area contributed by atoms with Gasteiger partial charge < -0.3 is 9.88 Å². The number of aromatic nitrogens is 2. The van der Waals surface area contributed by atoms with E-state index in [1.165, 1.54) is 31.7 Å². The second kappa shape index (κ2) is 7.33. The van der Waals surface area contributed by atoms with E-state index < -0.39 is 11.6 Å². The van der Waals surface area contributed by atoms with E-state index in [1.54, 1.807) is 6.33 Å². The van der Waals surface area contributed by atoms with Crippen LogP contribution in [0.1, 0.15) is 32.6 Å². The van der Waals surface area contributed by atoms with Crippen LogP contribution in [0.25, 0.3) is 11.0 Å². The summed E-state index contributed by atoms with van der Waals surface area (Å²) in [7, 11) is 0. The number of rotatable bonds is 8. The molecule has 0 bridgehead atoms. The Kier molecular flexibility index (Phi) is 5.47. The first-order chi connectivity index (χ1) is 9.72. The summed E-state index contributed by atoms with van der Waals surface area (Å²) in [6, 6.07) is 2.35. The number of unbranched alkanes of at least 4 members (excludes halogenated alkanes) is 3. The predicted molar refractivity (Wildman–Crippen MR) is 76.7 cm³/mol. The SMILES string of the molecule is CCCCCCNCCn1cnc2cc(F)c(F)cc21. The van der Waals surface area contributed by atoms with Crippen LogP contribution in [-0.2, 0) is 6.54 Å². The van der Waals surface area contributed by atoms with Crippen molar-refractivity contribution in [3.8, 4) is 0 Å². The lowest BCUT2D eigenvalue weighted by molar-refractivity contribution is 0.510. The van der Waals surface area contributed by atoms with E-state index in [9.17, 15) is 8.78 Å². The van der Waals surface area contributed by atoms with Crippen LogP contribution in [0.15, 0.2) is 18.5 Å².